The lowest BCUT2D eigenvalue weighted by molar-refractivity contribution is 0.191. The van der Waals surface area contributed by atoms with E-state index in [0.29, 0.717) is 12.6 Å². The number of halogens is 1. The van der Waals surface area contributed by atoms with Crippen LogP contribution in [0.1, 0.15) is 17.7 Å². The van der Waals surface area contributed by atoms with Crippen molar-refractivity contribution in [3.05, 3.63) is 61.6 Å². The van der Waals surface area contributed by atoms with E-state index in [9.17, 15) is 4.79 Å². The minimum Gasteiger partial charge on any atom is -0.309 e. The standard InChI is InChI=1S/C20H23BrN4OS/c21-19-5-3-16(27-19)14-23-15-7-10-24(11-8-15)12-13-25-18-2-1-9-22-17(18)4-6-20(25)26/h1-6,9,15,23H,7-8,10-14H2. The number of nitrogens with one attached hydrogen (secondary N) is 1. The molecule has 4 rings (SSSR count). The number of piperidine rings is 1. The van der Waals surface area contributed by atoms with E-state index in [1.165, 1.54) is 8.66 Å². The first kappa shape index (κ1) is 18.8. The molecule has 0 spiro atoms. The molecule has 0 unspecified atom stereocenters. The molecular weight excluding hydrogens is 424 g/mol. The summed E-state index contributed by atoms with van der Waals surface area (Å²) in [5.41, 5.74) is 1.85. The Labute approximate surface area is 171 Å². The molecule has 7 heteroatoms. The van der Waals surface area contributed by atoms with Crippen molar-refractivity contribution >= 4 is 38.3 Å². The van der Waals surface area contributed by atoms with E-state index in [2.05, 4.69) is 43.3 Å². The van der Waals surface area contributed by atoms with Crippen LogP contribution in [0.15, 0.2) is 51.2 Å². The van der Waals surface area contributed by atoms with E-state index >= 15 is 0 Å². The Kier molecular flexibility index (Phi) is 6.02. The zero-order valence-electron chi connectivity index (χ0n) is 15.1. The van der Waals surface area contributed by atoms with Crippen molar-refractivity contribution in [2.75, 3.05) is 19.6 Å². The van der Waals surface area contributed by atoms with E-state index < -0.39 is 0 Å². The minimum atomic E-state index is 0.0501. The van der Waals surface area contributed by atoms with E-state index in [1.54, 1.807) is 29.7 Å². The molecule has 1 saturated heterocycles. The Morgan fingerprint density at radius 3 is 2.78 bits per heavy atom. The fourth-order valence-corrected chi connectivity index (χ4v) is 5.08. The first-order valence-corrected chi connectivity index (χ1v) is 10.9. The second kappa shape index (κ2) is 8.65. The third kappa shape index (κ3) is 4.66. The molecule has 0 atom stereocenters. The van der Waals surface area contributed by atoms with Crippen molar-refractivity contribution in [3.63, 3.8) is 0 Å². The number of pyridine rings is 2. The molecule has 4 heterocycles. The number of fused-ring (bicyclic) bond motifs is 1. The predicted molar refractivity (Wildman–Crippen MR) is 114 cm³/mol. The van der Waals surface area contributed by atoms with Crippen molar-refractivity contribution in [3.8, 4) is 0 Å². The molecule has 0 saturated carbocycles. The molecule has 3 aromatic rings. The zero-order valence-corrected chi connectivity index (χ0v) is 17.5. The predicted octanol–water partition coefficient (Wildman–Crippen LogP) is 3.47. The highest BCUT2D eigenvalue weighted by Crippen LogP contribution is 2.22. The van der Waals surface area contributed by atoms with Gasteiger partial charge in [-0.05, 0) is 72.2 Å². The Morgan fingerprint density at radius 1 is 1.15 bits per heavy atom. The van der Waals surface area contributed by atoms with Crippen molar-refractivity contribution in [1.82, 2.24) is 19.8 Å². The lowest BCUT2D eigenvalue weighted by Crippen LogP contribution is -2.43. The molecule has 142 valence electrons. The summed E-state index contributed by atoms with van der Waals surface area (Å²) in [6, 6.07) is 12.1. The summed E-state index contributed by atoms with van der Waals surface area (Å²) in [4.78, 5) is 20.5. The second-order valence-electron chi connectivity index (χ2n) is 6.93. The Hall–Kier alpha value is -1.54. The molecule has 27 heavy (non-hydrogen) atoms. The van der Waals surface area contributed by atoms with Crippen LogP contribution < -0.4 is 10.9 Å². The monoisotopic (exact) mass is 446 g/mol. The normalized spacial score (nSPS) is 16.2. The summed E-state index contributed by atoms with van der Waals surface area (Å²) in [6.07, 6.45) is 4.07. The molecule has 0 aromatic carbocycles. The fourth-order valence-electron chi connectivity index (χ4n) is 3.65. The van der Waals surface area contributed by atoms with Gasteiger partial charge in [0, 0.05) is 42.8 Å². The van der Waals surface area contributed by atoms with Crippen LogP contribution in [0.2, 0.25) is 0 Å². The summed E-state index contributed by atoms with van der Waals surface area (Å²) >= 11 is 5.31. The van der Waals surface area contributed by atoms with Gasteiger partial charge in [0.2, 0.25) is 0 Å². The van der Waals surface area contributed by atoms with Gasteiger partial charge >= 0.3 is 0 Å². The van der Waals surface area contributed by atoms with Gasteiger partial charge in [0.25, 0.3) is 5.56 Å². The Bertz CT molecular complexity index is 962. The zero-order chi connectivity index (χ0) is 18.6. The molecule has 1 aliphatic heterocycles. The molecule has 5 nitrogen and oxygen atoms in total. The SMILES string of the molecule is O=c1ccc2ncccc2n1CCN1CCC(NCc2ccc(Br)s2)CC1. The summed E-state index contributed by atoms with van der Waals surface area (Å²) in [6.45, 7) is 4.70. The maximum Gasteiger partial charge on any atom is 0.251 e. The summed E-state index contributed by atoms with van der Waals surface area (Å²) < 4.78 is 3.04. The second-order valence-corrected chi connectivity index (χ2v) is 9.48. The van der Waals surface area contributed by atoms with Gasteiger partial charge < -0.3 is 14.8 Å². The molecule has 0 amide bonds. The van der Waals surface area contributed by atoms with Gasteiger partial charge in [-0.25, -0.2) is 0 Å². The third-order valence-corrected chi connectivity index (χ3v) is 6.80. The number of likely N-dealkylation sites (tertiary alicyclic amines) is 1. The van der Waals surface area contributed by atoms with Crippen molar-refractivity contribution in [2.45, 2.75) is 32.0 Å². The smallest absolute Gasteiger partial charge is 0.251 e. The average Bonchev–Trinajstić information content (AvgIpc) is 3.12. The van der Waals surface area contributed by atoms with Gasteiger partial charge in [-0.2, -0.15) is 0 Å². The van der Waals surface area contributed by atoms with Crippen LogP contribution in [-0.4, -0.2) is 40.1 Å². The summed E-state index contributed by atoms with van der Waals surface area (Å²) in [7, 11) is 0. The van der Waals surface area contributed by atoms with E-state index in [-0.39, 0.29) is 5.56 Å². The minimum absolute atomic E-state index is 0.0501. The number of nitrogens with zero attached hydrogens (tertiary/aromatic N) is 3. The van der Waals surface area contributed by atoms with Crippen molar-refractivity contribution in [1.29, 1.82) is 0 Å². The van der Waals surface area contributed by atoms with Crippen LogP contribution in [0, 0.1) is 0 Å². The molecule has 0 bridgehead atoms. The van der Waals surface area contributed by atoms with E-state index in [1.807, 2.05) is 16.7 Å². The molecular formula is C20H23BrN4OS. The molecule has 0 aliphatic carbocycles. The fraction of sp³-hybridized carbons (Fsp3) is 0.400. The van der Waals surface area contributed by atoms with Crippen LogP contribution in [0.3, 0.4) is 0 Å². The number of thiophene rings is 1. The maximum atomic E-state index is 12.3. The molecule has 0 radical (unpaired) electrons. The maximum absolute atomic E-state index is 12.3. The molecule has 3 aromatic heterocycles. The third-order valence-electron chi connectivity index (χ3n) is 5.18. The highest BCUT2D eigenvalue weighted by Gasteiger charge is 2.19. The van der Waals surface area contributed by atoms with Crippen LogP contribution in [0.25, 0.3) is 11.0 Å². The number of aromatic nitrogens is 2. The van der Waals surface area contributed by atoms with Crippen molar-refractivity contribution < 1.29 is 0 Å². The number of hydrogen-bond donors (Lipinski definition) is 1. The average molecular weight is 447 g/mol. The van der Waals surface area contributed by atoms with Crippen LogP contribution >= 0.6 is 27.3 Å². The highest BCUT2D eigenvalue weighted by atomic mass is 79.9. The van der Waals surface area contributed by atoms with Crippen LogP contribution in [0.4, 0.5) is 0 Å². The van der Waals surface area contributed by atoms with Crippen LogP contribution in [-0.2, 0) is 13.1 Å². The first-order chi connectivity index (χ1) is 13.2. The van der Waals surface area contributed by atoms with Gasteiger partial charge in [-0.1, -0.05) is 0 Å². The topological polar surface area (TPSA) is 50.2 Å². The summed E-state index contributed by atoms with van der Waals surface area (Å²) in [5, 5.41) is 3.68. The van der Waals surface area contributed by atoms with E-state index in [4.69, 9.17) is 0 Å². The van der Waals surface area contributed by atoms with Gasteiger partial charge in [0.15, 0.2) is 0 Å². The largest absolute Gasteiger partial charge is 0.309 e. The van der Waals surface area contributed by atoms with Crippen molar-refractivity contribution in [2.24, 2.45) is 0 Å². The van der Waals surface area contributed by atoms with Gasteiger partial charge in [-0.3, -0.25) is 9.78 Å². The van der Waals surface area contributed by atoms with E-state index in [0.717, 1.165) is 50.1 Å². The quantitative estimate of drug-likeness (QED) is 0.629. The van der Waals surface area contributed by atoms with Gasteiger partial charge in [0.1, 0.15) is 0 Å². The van der Waals surface area contributed by atoms with Gasteiger partial charge in [0.05, 0.1) is 14.8 Å². The summed E-state index contributed by atoms with van der Waals surface area (Å²) in [5.74, 6) is 0. The number of hydrogen-bond acceptors (Lipinski definition) is 5. The Morgan fingerprint density at radius 2 is 2.00 bits per heavy atom. The lowest BCUT2D eigenvalue weighted by Gasteiger charge is -2.32. The highest BCUT2D eigenvalue weighted by molar-refractivity contribution is 9.11. The lowest BCUT2D eigenvalue weighted by atomic mass is 10.1. The Balaban J connectivity index is 1.29. The van der Waals surface area contributed by atoms with Gasteiger partial charge in [-0.15, -0.1) is 11.3 Å². The molecule has 1 aliphatic rings. The molecule has 1 fully saturated rings. The van der Waals surface area contributed by atoms with Crippen LogP contribution in [0.5, 0.6) is 0 Å². The first-order valence-electron chi connectivity index (χ1n) is 9.33. The molecule has 1 N–H and O–H groups in total. The number of rotatable bonds is 6.